The lowest BCUT2D eigenvalue weighted by Gasteiger charge is -2.29. The molecule has 28 heavy (non-hydrogen) atoms. The van der Waals surface area contributed by atoms with E-state index in [1.807, 2.05) is 6.92 Å². The van der Waals surface area contributed by atoms with Crippen LogP contribution in [0.3, 0.4) is 0 Å². The highest BCUT2D eigenvalue weighted by atomic mass is 79.9. The standard InChI is InChI=1S/C20H22BrFN2O3S/c1-13-6-2-4-8-18(13)24-28(26,27)14-10-11-17(22)15(12-14)20(25)23-19-9-5-3-7-16(19)21/h3,5,7,9-13,18,24H,2,4,6,8H2,1H3,(H,23,25)/t13-,18-/m1/s1. The molecule has 1 saturated carbocycles. The van der Waals surface area contributed by atoms with E-state index in [4.69, 9.17) is 0 Å². The van der Waals surface area contributed by atoms with Crippen molar-refractivity contribution >= 4 is 37.5 Å². The van der Waals surface area contributed by atoms with E-state index in [-0.39, 0.29) is 22.4 Å². The van der Waals surface area contributed by atoms with Crippen LogP contribution in [0.25, 0.3) is 0 Å². The molecule has 1 amide bonds. The van der Waals surface area contributed by atoms with E-state index in [1.54, 1.807) is 24.3 Å². The van der Waals surface area contributed by atoms with Crippen LogP contribution in [0.2, 0.25) is 0 Å². The Labute approximate surface area is 172 Å². The highest BCUT2D eigenvalue weighted by Crippen LogP contribution is 2.26. The van der Waals surface area contributed by atoms with Gasteiger partial charge in [0.15, 0.2) is 0 Å². The number of para-hydroxylation sites is 1. The molecule has 8 heteroatoms. The minimum atomic E-state index is -3.85. The number of rotatable bonds is 5. The summed E-state index contributed by atoms with van der Waals surface area (Å²) in [5, 5.41) is 2.59. The number of amides is 1. The summed E-state index contributed by atoms with van der Waals surface area (Å²) in [4.78, 5) is 12.4. The quantitative estimate of drug-likeness (QED) is 0.667. The van der Waals surface area contributed by atoms with Crippen molar-refractivity contribution in [2.24, 2.45) is 5.92 Å². The Kier molecular flexibility index (Phi) is 6.52. The van der Waals surface area contributed by atoms with Gasteiger partial charge in [0.05, 0.1) is 16.1 Å². The Bertz CT molecular complexity index is 981. The molecule has 150 valence electrons. The Morgan fingerprint density at radius 2 is 1.86 bits per heavy atom. The van der Waals surface area contributed by atoms with E-state index in [9.17, 15) is 17.6 Å². The van der Waals surface area contributed by atoms with Crippen molar-refractivity contribution in [1.82, 2.24) is 4.72 Å². The fraction of sp³-hybridized carbons (Fsp3) is 0.350. The molecule has 2 aromatic rings. The first kappa shape index (κ1) is 21.0. The summed E-state index contributed by atoms with van der Waals surface area (Å²) < 4.78 is 43.1. The van der Waals surface area contributed by atoms with Crippen LogP contribution in [0.15, 0.2) is 51.8 Å². The minimum absolute atomic E-state index is 0.121. The summed E-state index contributed by atoms with van der Waals surface area (Å²) in [6.07, 6.45) is 3.81. The van der Waals surface area contributed by atoms with E-state index in [1.165, 1.54) is 6.07 Å². The molecule has 5 nitrogen and oxygen atoms in total. The van der Waals surface area contributed by atoms with Crippen LogP contribution >= 0.6 is 15.9 Å². The lowest BCUT2D eigenvalue weighted by molar-refractivity contribution is 0.102. The zero-order chi connectivity index (χ0) is 20.3. The van der Waals surface area contributed by atoms with Crippen LogP contribution in [0.4, 0.5) is 10.1 Å². The zero-order valence-electron chi connectivity index (χ0n) is 15.4. The highest BCUT2D eigenvalue weighted by Gasteiger charge is 2.27. The SMILES string of the molecule is C[C@@H]1CCCC[C@H]1NS(=O)(=O)c1ccc(F)c(C(=O)Nc2ccccc2Br)c1. The van der Waals surface area contributed by atoms with Crippen molar-refractivity contribution < 1.29 is 17.6 Å². The summed E-state index contributed by atoms with van der Waals surface area (Å²) in [7, 11) is -3.85. The van der Waals surface area contributed by atoms with Crippen molar-refractivity contribution in [3.05, 3.63) is 58.3 Å². The van der Waals surface area contributed by atoms with E-state index < -0.39 is 21.7 Å². The number of nitrogens with one attached hydrogen (secondary N) is 2. The van der Waals surface area contributed by atoms with Gasteiger partial charge < -0.3 is 5.32 Å². The Balaban J connectivity index is 1.84. The minimum Gasteiger partial charge on any atom is -0.321 e. The van der Waals surface area contributed by atoms with Crippen LogP contribution < -0.4 is 10.0 Å². The van der Waals surface area contributed by atoms with Crippen molar-refractivity contribution in [3.8, 4) is 0 Å². The van der Waals surface area contributed by atoms with Gasteiger partial charge in [0, 0.05) is 10.5 Å². The van der Waals surface area contributed by atoms with Crippen LogP contribution in [0.1, 0.15) is 43.0 Å². The molecular formula is C20H22BrFN2O3S. The summed E-state index contributed by atoms with van der Waals surface area (Å²) in [6, 6.07) is 10.0. The van der Waals surface area contributed by atoms with Gasteiger partial charge >= 0.3 is 0 Å². The molecule has 0 spiro atoms. The lowest BCUT2D eigenvalue weighted by Crippen LogP contribution is -2.41. The molecule has 2 atom stereocenters. The number of hydrogen-bond donors (Lipinski definition) is 2. The van der Waals surface area contributed by atoms with E-state index in [2.05, 4.69) is 26.0 Å². The van der Waals surface area contributed by atoms with Gasteiger partial charge in [0.1, 0.15) is 5.82 Å². The summed E-state index contributed by atoms with van der Waals surface area (Å²) in [5.41, 5.74) is 0.143. The van der Waals surface area contributed by atoms with Gasteiger partial charge in [0.2, 0.25) is 10.0 Å². The number of carbonyl (C=O) groups excluding carboxylic acids is 1. The van der Waals surface area contributed by atoms with Crippen molar-refractivity contribution in [2.45, 2.75) is 43.5 Å². The Morgan fingerprint density at radius 1 is 1.14 bits per heavy atom. The molecule has 1 aliphatic carbocycles. The molecule has 0 aliphatic heterocycles. The van der Waals surface area contributed by atoms with Gasteiger partial charge in [-0.05, 0) is 65.0 Å². The van der Waals surface area contributed by atoms with Crippen LogP contribution in [0.5, 0.6) is 0 Å². The molecule has 0 heterocycles. The summed E-state index contributed by atoms with van der Waals surface area (Å²) in [5.74, 6) is -1.26. The van der Waals surface area contributed by atoms with Gasteiger partial charge in [-0.3, -0.25) is 4.79 Å². The Hall–Kier alpha value is -1.77. The predicted molar refractivity (Wildman–Crippen MR) is 110 cm³/mol. The third-order valence-corrected chi connectivity index (χ3v) is 7.21. The van der Waals surface area contributed by atoms with Gasteiger partial charge in [0.25, 0.3) is 5.91 Å². The number of anilines is 1. The third-order valence-electron chi connectivity index (χ3n) is 5.03. The van der Waals surface area contributed by atoms with Crippen molar-refractivity contribution in [1.29, 1.82) is 0 Å². The second-order valence-corrected chi connectivity index (χ2v) is 9.63. The highest BCUT2D eigenvalue weighted by molar-refractivity contribution is 9.10. The molecule has 0 bridgehead atoms. The first-order chi connectivity index (χ1) is 13.3. The molecular weight excluding hydrogens is 447 g/mol. The maximum Gasteiger partial charge on any atom is 0.258 e. The molecule has 0 unspecified atom stereocenters. The molecule has 0 radical (unpaired) electrons. The van der Waals surface area contributed by atoms with Gasteiger partial charge in [-0.15, -0.1) is 0 Å². The topological polar surface area (TPSA) is 75.3 Å². The van der Waals surface area contributed by atoms with Crippen molar-refractivity contribution in [3.63, 3.8) is 0 Å². The van der Waals surface area contributed by atoms with Crippen LogP contribution in [-0.4, -0.2) is 20.4 Å². The van der Waals surface area contributed by atoms with E-state index in [0.717, 1.165) is 37.8 Å². The van der Waals surface area contributed by atoms with E-state index in [0.29, 0.717) is 10.2 Å². The van der Waals surface area contributed by atoms with E-state index >= 15 is 0 Å². The van der Waals surface area contributed by atoms with Crippen LogP contribution in [0, 0.1) is 11.7 Å². The smallest absolute Gasteiger partial charge is 0.258 e. The maximum absolute atomic E-state index is 14.2. The first-order valence-electron chi connectivity index (χ1n) is 9.15. The number of sulfonamides is 1. The average molecular weight is 469 g/mol. The summed E-state index contributed by atoms with van der Waals surface area (Å²) >= 11 is 3.31. The fourth-order valence-corrected chi connectivity index (χ4v) is 5.15. The second kappa shape index (κ2) is 8.71. The molecule has 2 N–H and O–H groups in total. The Morgan fingerprint density at radius 3 is 2.57 bits per heavy atom. The fourth-order valence-electron chi connectivity index (χ4n) is 3.36. The van der Waals surface area contributed by atoms with Gasteiger partial charge in [-0.2, -0.15) is 0 Å². The predicted octanol–water partition coefficient (Wildman–Crippen LogP) is 4.70. The number of hydrogen-bond acceptors (Lipinski definition) is 3. The second-order valence-electron chi connectivity index (χ2n) is 7.07. The number of halogens is 2. The molecule has 1 fully saturated rings. The largest absolute Gasteiger partial charge is 0.321 e. The normalized spacial score (nSPS) is 20.0. The molecule has 0 aromatic heterocycles. The molecule has 3 rings (SSSR count). The monoisotopic (exact) mass is 468 g/mol. The molecule has 0 saturated heterocycles. The molecule has 1 aliphatic rings. The lowest BCUT2D eigenvalue weighted by atomic mass is 9.87. The van der Waals surface area contributed by atoms with Crippen LogP contribution in [-0.2, 0) is 10.0 Å². The van der Waals surface area contributed by atoms with Crippen molar-refractivity contribution in [2.75, 3.05) is 5.32 Å². The van der Waals surface area contributed by atoms with Gasteiger partial charge in [-0.25, -0.2) is 17.5 Å². The third kappa shape index (κ3) is 4.79. The first-order valence-corrected chi connectivity index (χ1v) is 11.4. The summed E-state index contributed by atoms with van der Waals surface area (Å²) in [6.45, 7) is 2.02. The number of benzene rings is 2. The maximum atomic E-state index is 14.2. The molecule has 2 aromatic carbocycles. The van der Waals surface area contributed by atoms with Gasteiger partial charge in [-0.1, -0.05) is 31.9 Å². The number of carbonyl (C=O) groups is 1. The zero-order valence-corrected chi connectivity index (χ0v) is 17.8. The average Bonchev–Trinajstić information content (AvgIpc) is 2.65.